The summed E-state index contributed by atoms with van der Waals surface area (Å²) >= 11 is 0. The van der Waals surface area contributed by atoms with Gasteiger partial charge in [0, 0.05) is 0 Å². The van der Waals surface area contributed by atoms with Crippen molar-refractivity contribution in [2.75, 3.05) is 6.61 Å². The molecule has 1 atom stereocenters. The molecule has 0 saturated heterocycles. The molecule has 1 aromatic rings. The second-order valence-electron chi connectivity index (χ2n) is 3.56. The van der Waals surface area contributed by atoms with E-state index in [1.807, 2.05) is 6.92 Å². The SMILES string of the molecule is Cc1ccc(S(=O)(=O)OCC(N)C(N)=O)cc1. The lowest BCUT2D eigenvalue weighted by molar-refractivity contribution is -0.119. The van der Waals surface area contributed by atoms with Crippen molar-refractivity contribution in [3.05, 3.63) is 29.8 Å². The zero-order valence-electron chi connectivity index (χ0n) is 9.29. The van der Waals surface area contributed by atoms with E-state index in [1.54, 1.807) is 12.1 Å². The van der Waals surface area contributed by atoms with E-state index < -0.39 is 28.7 Å². The fourth-order valence-corrected chi connectivity index (χ4v) is 1.95. The molecule has 1 rings (SSSR count). The van der Waals surface area contributed by atoms with Crippen LogP contribution in [-0.2, 0) is 19.1 Å². The predicted molar refractivity (Wildman–Crippen MR) is 61.5 cm³/mol. The average Bonchev–Trinajstić information content (AvgIpc) is 2.26. The van der Waals surface area contributed by atoms with Gasteiger partial charge < -0.3 is 11.5 Å². The van der Waals surface area contributed by atoms with Gasteiger partial charge in [0.05, 0.1) is 11.5 Å². The topological polar surface area (TPSA) is 112 Å². The summed E-state index contributed by atoms with van der Waals surface area (Å²) in [5, 5.41) is 0. The highest BCUT2D eigenvalue weighted by Gasteiger charge is 2.18. The molecule has 0 fully saturated rings. The Morgan fingerprint density at radius 3 is 2.35 bits per heavy atom. The van der Waals surface area contributed by atoms with E-state index in [0.29, 0.717) is 0 Å². The second-order valence-corrected chi connectivity index (χ2v) is 5.18. The number of amides is 1. The van der Waals surface area contributed by atoms with Crippen LogP contribution in [0.3, 0.4) is 0 Å². The number of primary amides is 1. The first-order valence-electron chi connectivity index (χ1n) is 4.84. The van der Waals surface area contributed by atoms with Crippen LogP contribution in [-0.4, -0.2) is 27.0 Å². The quantitative estimate of drug-likeness (QED) is 0.692. The Balaban J connectivity index is 2.76. The lowest BCUT2D eigenvalue weighted by Crippen LogP contribution is -2.40. The first kappa shape index (κ1) is 13.6. The number of carbonyl (C=O) groups excluding carboxylic acids is 1. The van der Waals surface area contributed by atoms with E-state index in [-0.39, 0.29) is 4.90 Å². The minimum Gasteiger partial charge on any atom is -0.368 e. The van der Waals surface area contributed by atoms with Gasteiger partial charge >= 0.3 is 0 Å². The third-order valence-corrected chi connectivity index (χ3v) is 3.37. The number of hydrogen-bond donors (Lipinski definition) is 2. The summed E-state index contributed by atoms with van der Waals surface area (Å²) in [4.78, 5) is 10.6. The maximum Gasteiger partial charge on any atom is 0.297 e. The third-order valence-electron chi connectivity index (χ3n) is 2.08. The molecule has 94 valence electrons. The fourth-order valence-electron chi connectivity index (χ4n) is 1.02. The molecule has 1 aromatic carbocycles. The van der Waals surface area contributed by atoms with Gasteiger partial charge in [0.2, 0.25) is 5.91 Å². The van der Waals surface area contributed by atoms with Crippen molar-refractivity contribution in [1.82, 2.24) is 0 Å². The number of hydrogen-bond acceptors (Lipinski definition) is 5. The zero-order valence-corrected chi connectivity index (χ0v) is 10.1. The second kappa shape index (κ2) is 5.26. The van der Waals surface area contributed by atoms with Crippen molar-refractivity contribution in [1.29, 1.82) is 0 Å². The number of nitrogens with two attached hydrogens (primary N) is 2. The molecule has 0 aliphatic carbocycles. The first-order chi connectivity index (χ1) is 7.83. The smallest absolute Gasteiger partial charge is 0.297 e. The third kappa shape index (κ3) is 3.81. The van der Waals surface area contributed by atoms with Gasteiger partial charge in [-0.25, -0.2) is 0 Å². The van der Waals surface area contributed by atoms with Crippen molar-refractivity contribution < 1.29 is 17.4 Å². The van der Waals surface area contributed by atoms with Gasteiger partial charge in [0.25, 0.3) is 10.1 Å². The zero-order chi connectivity index (χ0) is 13.1. The molecule has 1 amide bonds. The highest BCUT2D eigenvalue weighted by atomic mass is 32.2. The van der Waals surface area contributed by atoms with Crippen molar-refractivity contribution in [2.45, 2.75) is 17.9 Å². The van der Waals surface area contributed by atoms with Crippen molar-refractivity contribution >= 4 is 16.0 Å². The molecule has 17 heavy (non-hydrogen) atoms. The lowest BCUT2D eigenvalue weighted by Gasteiger charge is -2.09. The molecular formula is C10H14N2O4S. The standard InChI is InChI=1S/C10H14N2O4S/c1-7-2-4-8(5-3-7)17(14,15)16-6-9(11)10(12)13/h2-5,9H,6,11H2,1H3,(H2,12,13). The van der Waals surface area contributed by atoms with E-state index in [4.69, 9.17) is 11.5 Å². The number of rotatable bonds is 5. The summed E-state index contributed by atoms with van der Waals surface area (Å²) in [5.41, 5.74) is 11.1. The van der Waals surface area contributed by atoms with Gasteiger partial charge in [0.15, 0.2) is 0 Å². The van der Waals surface area contributed by atoms with Crippen LogP contribution in [0.5, 0.6) is 0 Å². The van der Waals surface area contributed by atoms with Gasteiger partial charge in [-0.1, -0.05) is 17.7 Å². The Kier molecular flexibility index (Phi) is 4.22. The van der Waals surface area contributed by atoms with E-state index >= 15 is 0 Å². The van der Waals surface area contributed by atoms with Gasteiger partial charge in [-0.3, -0.25) is 8.98 Å². The predicted octanol–water partition coefficient (Wildman–Crippen LogP) is -0.487. The summed E-state index contributed by atoms with van der Waals surface area (Å²) in [7, 11) is -3.89. The van der Waals surface area contributed by atoms with Gasteiger partial charge in [0.1, 0.15) is 6.04 Å². The molecule has 1 unspecified atom stereocenters. The Labute approximate surface area is 99.7 Å². The first-order valence-corrected chi connectivity index (χ1v) is 6.25. The molecule has 6 nitrogen and oxygen atoms in total. The normalized spacial score (nSPS) is 13.3. The highest BCUT2D eigenvalue weighted by molar-refractivity contribution is 7.86. The van der Waals surface area contributed by atoms with Crippen LogP contribution in [0.15, 0.2) is 29.2 Å². The Hall–Kier alpha value is -1.44. The van der Waals surface area contributed by atoms with Crippen molar-refractivity contribution in [3.63, 3.8) is 0 Å². The van der Waals surface area contributed by atoms with Crippen LogP contribution in [0.2, 0.25) is 0 Å². The van der Waals surface area contributed by atoms with Gasteiger partial charge in [-0.2, -0.15) is 8.42 Å². The largest absolute Gasteiger partial charge is 0.368 e. The molecule has 0 radical (unpaired) electrons. The molecule has 0 spiro atoms. The molecule has 0 aliphatic rings. The molecule has 0 aromatic heterocycles. The minimum atomic E-state index is -3.89. The summed E-state index contributed by atoms with van der Waals surface area (Å²) in [5.74, 6) is -0.816. The maximum absolute atomic E-state index is 11.6. The average molecular weight is 258 g/mol. The maximum atomic E-state index is 11.6. The molecule has 7 heteroatoms. The van der Waals surface area contributed by atoms with Crippen LogP contribution in [0.1, 0.15) is 5.56 Å². The van der Waals surface area contributed by atoms with E-state index in [9.17, 15) is 13.2 Å². The van der Waals surface area contributed by atoms with Crippen LogP contribution in [0.25, 0.3) is 0 Å². The van der Waals surface area contributed by atoms with E-state index in [2.05, 4.69) is 4.18 Å². The van der Waals surface area contributed by atoms with Crippen LogP contribution >= 0.6 is 0 Å². The molecule has 0 saturated carbocycles. The van der Waals surface area contributed by atoms with Crippen molar-refractivity contribution in [3.8, 4) is 0 Å². The molecule has 0 bridgehead atoms. The number of benzene rings is 1. The van der Waals surface area contributed by atoms with Gasteiger partial charge in [-0.15, -0.1) is 0 Å². The summed E-state index contributed by atoms with van der Waals surface area (Å²) in [6.07, 6.45) is 0. The number of carbonyl (C=O) groups is 1. The fraction of sp³-hybridized carbons (Fsp3) is 0.300. The lowest BCUT2D eigenvalue weighted by atomic mass is 10.2. The van der Waals surface area contributed by atoms with Crippen molar-refractivity contribution in [2.24, 2.45) is 11.5 Å². The molecule has 0 heterocycles. The van der Waals surface area contributed by atoms with E-state index in [1.165, 1.54) is 12.1 Å². The molecule has 0 aliphatic heterocycles. The Morgan fingerprint density at radius 2 is 1.88 bits per heavy atom. The van der Waals surface area contributed by atoms with Gasteiger partial charge in [-0.05, 0) is 19.1 Å². The van der Waals surface area contributed by atoms with Crippen LogP contribution < -0.4 is 11.5 Å². The Bertz CT molecular complexity index is 496. The minimum absolute atomic E-state index is 0.0137. The van der Waals surface area contributed by atoms with E-state index in [0.717, 1.165) is 5.56 Å². The number of aryl methyl sites for hydroxylation is 1. The monoisotopic (exact) mass is 258 g/mol. The molecular weight excluding hydrogens is 244 g/mol. The highest BCUT2D eigenvalue weighted by Crippen LogP contribution is 2.13. The molecule has 4 N–H and O–H groups in total. The summed E-state index contributed by atoms with van der Waals surface area (Å²) < 4.78 is 27.9. The van der Waals surface area contributed by atoms with Crippen LogP contribution in [0, 0.1) is 6.92 Å². The summed E-state index contributed by atoms with van der Waals surface area (Å²) in [6.45, 7) is 1.37. The van der Waals surface area contributed by atoms with Crippen LogP contribution in [0.4, 0.5) is 0 Å². The summed E-state index contributed by atoms with van der Waals surface area (Å²) in [6, 6.07) is 4.98. The Morgan fingerprint density at radius 1 is 1.35 bits per heavy atom.